The molecule has 1 saturated carbocycles. The molecule has 1 aliphatic heterocycles. The van der Waals surface area contributed by atoms with Crippen molar-refractivity contribution >= 4 is 18.3 Å². The molecule has 0 bridgehead atoms. The lowest BCUT2D eigenvalue weighted by Gasteiger charge is -2.26. The van der Waals surface area contributed by atoms with Crippen molar-refractivity contribution in [1.29, 1.82) is 0 Å². The van der Waals surface area contributed by atoms with E-state index in [0.29, 0.717) is 18.5 Å². The van der Waals surface area contributed by atoms with Crippen molar-refractivity contribution in [2.45, 2.75) is 51.6 Å². The summed E-state index contributed by atoms with van der Waals surface area (Å²) in [5.41, 5.74) is 6.01. The van der Waals surface area contributed by atoms with Gasteiger partial charge in [0.1, 0.15) is 0 Å². The Labute approximate surface area is 122 Å². The van der Waals surface area contributed by atoms with Gasteiger partial charge in [0.25, 0.3) is 0 Å². The van der Waals surface area contributed by atoms with Gasteiger partial charge in [-0.3, -0.25) is 9.69 Å². The highest BCUT2D eigenvalue weighted by Gasteiger charge is 2.41. The molecule has 0 aromatic heterocycles. The van der Waals surface area contributed by atoms with Gasteiger partial charge in [0.2, 0.25) is 5.91 Å². The highest BCUT2D eigenvalue weighted by molar-refractivity contribution is 5.85. The molecule has 1 aliphatic carbocycles. The van der Waals surface area contributed by atoms with Gasteiger partial charge in [0, 0.05) is 24.7 Å². The summed E-state index contributed by atoms with van der Waals surface area (Å²) in [5.74, 6) is 1.50. The standard InChI is InChI=1S/C14H27N3O.ClH/c1-4-14(2,3)16-13(18)9-17-7-10-5-6-12(15)11(10)8-17;/h10-12H,4-9,15H2,1-3H3,(H,16,18);1H. The first-order valence-electron chi connectivity index (χ1n) is 7.20. The number of halogens is 1. The molecule has 0 spiro atoms. The third-order valence-corrected chi connectivity index (χ3v) is 4.72. The van der Waals surface area contributed by atoms with Crippen molar-refractivity contribution in [1.82, 2.24) is 10.2 Å². The van der Waals surface area contributed by atoms with Crippen LogP contribution in [0.2, 0.25) is 0 Å². The topological polar surface area (TPSA) is 58.4 Å². The Morgan fingerprint density at radius 1 is 1.37 bits per heavy atom. The van der Waals surface area contributed by atoms with Crippen LogP contribution in [0.5, 0.6) is 0 Å². The number of nitrogens with two attached hydrogens (primary N) is 1. The molecule has 0 aromatic carbocycles. The van der Waals surface area contributed by atoms with Gasteiger partial charge in [-0.25, -0.2) is 0 Å². The Bertz CT molecular complexity index is 322. The highest BCUT2D eigenvalue weighted by Crippen LogP contribution is 2.36. The number of nitrogens with zero attached hydrogens (tertiary/aromatic N) is 1. The molecule has 2 rings (SSSR count). The van der Waals surface area contributed by atoms with Gasteiger partial charge < -0.3 is 11.1 Å². The van der Waals surface area contributed by atoms with Gasteiger partial charge in [0.15, 0.2) is 0 Å². The molecule has 2 aliphatic rings. The molecule has 1 saturated heterocycles. The summed E-state index contributed by atoms with van der Waals surface area (Å²) in [6.45, 7) is 8.83. The zero-order valence-electron chi connectivity index (χ0n) is 12.3. The number of carbonyl (C=O) groups excluding carboxylic acids is 1. The fourth-order valence-corrected chi connectivity index (χ4v) is 3.24. The number of rotatable bonds is 4. The highest BCUT2D eigenvalue weighted by atomic mass is 35.5. The average Bonchev–Trinajstić information content (AvgIpc) is 2.80. The van der Waals surface area contributed by atoms with Gasteiger partial charge in [-0.2, -0.15) is 0 Å². The first-order valence-corrected chi connectivity index (χ1v) is 7.20. The minimum Gasteiger partial charge on any atom is -0.350 e. The quantitative estimate of drug-likeness (QED) is 0.822. The zero-order valence-corrected chi connectivity index (χ0v) is 13.1. The monoisotopic (exact) mass is 289 g/mol. The molecule has 3 atom stereocenters. The Morgan fingerprint density at radius 3 is 2.63 bits per heavy atom. The number of amides is 1. The number of nitrogens with one attached hydrogen (secondary N) is 1. The van der Waals surface area contributed by atoms with Crippen molar-refractivity contribution in [3.63, 3.8) is 0 Å². The van der Waals surface area contributed by atoms with Gasteiger partial charge in [-0.15, -0.1) is 12.4 Å². The van der Waals surface area contributed by atoms with Crippen molar-refractivity contribution < 1.29 is 4.79 Å². The second kappa shape index (κ2) is 6.42. The van der Waals surface area contributed by atoms with Crippen LogP contribution in [0.25, 0.3) is 0 Å². The van der Waals surface area contributed by atoms with E-state index in [4.69, 9.17) is 5.73 Å². The van der Waals surface area contributed by atoms with E-state index in [1.54, 1.807) is 0 Å². The summed E-state index contributed by atoms with van der Waals surface area (Å²) < 4.78 is 0. The van der Waals surface area contributed by atoms with Crippen molar-refractivity contribution in [2.75, 3.05) is 19.6 Å². The zero-order chi connectivity index (χ0) is 13.3. The number of likely N-dealkylation sites (tertiary alicyclic amines) is 1. The fourth-order valence-electron chi connectivity index (χ4n) is 3.24. The van der Waals surface area contributed by atoms with Crippen molar-refractivity contribution in [2.24, 2.45) is 17.6 Å². The molecule has 3 N–H and O–H groups in total. The second-order valence-corrected chi connectivity index (χ2v) is 6.64. The van der Waals surface area contributed by atoms with Crippen LogP contribution in [0.4, 0.5) is 0 Å². The SMILES string of the molecule is CCC(C)(C)NC(=O)CN1CC2CCC(N)C2C1.Cl. The normalized spacial score (nSPS) is 30.8. The fraction of sp³-hybridized carbons (Fsp3) is 0.929. The summed E-state index contributed by atoms with van der Waals surface area (Å²) in [6, 6.07) is 0.357. The molecule has 5 heteroatoms. The Hall–Kier alpha value is -0.320. The summed E-state index contributed by atoms with van der Waals surface area (Å²) >= 11 is 0. The maximum atomic E-state index is 12.0. The number of hydrogen-bond acceptors (Lipinski definition) is 3. The van der Waals surface area contributed by atoms with Crippen molar-refractivity contribution in [3.05, 3.63) is 0 Å². The van der Waals surface area contributed by atoms with E-state index in [0.717, 1.165) is 31.8 Å². The lowest BCUT2D eigenvalue weighted by atomic mass is 9.98. The van der Waals surface area contributed by atoms with Crippen LogP contribution in [-0.2, 0) is 4.79 Å². The number of carbonyl (C=O) groups is 1. The van der Waals surface area contributed by atoms with Crippen molar-refractivity contribution in [3.8, 4) is 0 Å². The lowest BCUT2D eigenvalue weighted by Crippen LogP contribution is -2.47. The second-order valence-electron chi connectivity index (χ2n) is 6.64. The first kappa shape index (κ1) is 16.7. The Kier molecular flexibility index (Phi) is 5.65. The molecular weight excluding hydrogens is 262 g/mol. The van der Waals surface area contributed by atoms with Crippen LogP contribution >= 0.6 is 12.4 Å². The van der Waals surface area contributed by atoms with E-state index in [-0.39, 0.29) is 23.9 Å². The molecule has 112 valence electrons. The van der Waals surface area contributed by atoms with E-state index < -0.39 is 0 Å². The molecule has 4 nitrogen and oxygen atoms in total. The van der Waals surface area contributed by atoms with Gasteiger partial charge in [-0.05, 0) is 44.9 Å². The van der Waals surface area contributed by atoms with E-state index in [9.17, 15) is 4.79 Å². The predicted octanol–water partition coefficient (Wildman–Crippen LogP) is 1.38. The molecule has 1 amide bonds. The van der Waals surface area contributed by atoms with Crippen LogP contribution in [-0.4, -0.2) is 42.0 Å². The van der Waals surface area contributed by atoms with Gasteiger partial charge in [0.05, 0.1) is 6.54 Å². The third kappa shape index (κ3) is 4.07. The van der Waals surface area contributed by atoms with Crippen LogP contribution in [0.15, 0.2) is 0 Å². The predicted molar refractivity (Wildman–Crippen MR) is 80.4 cm³/mol. The number of fused-ring (bicyclic) bond motifs is 1. The van der Waals surface area contributed by atoms with Crippen LogP contribution in [0.3, 0.4) is 0 Å². The van der Waals surface area contributed by atoms with Crippen LogP contribution < -0.4 is 11.1 Å². The molecule has 1 heterocycles. The van der Waals surface area contributed by atoms with E-state index in [2.05, 4.69) is 31.0 Å². The van der Waals surface area contributed by atoms with E-state index >= 15 is 0 Å². The summed E-state index contributed by atoms with van der Waals surface area (Å²) in [4.78, 5) is 14.3. The molecule has 0 aromatic rings. The molecule has 2 fully saturated rings. The Balaban J connectivity index is 0.00000180. The maximum Gasteiger partial charge on any atom is 0.234 e. The summed E-state index contributed by atoms with van der Waals surface area (Å²) in [7, 11) is 0. The third-order valence-electron chi connectivity index (χ3n) is 4.72. The van der Waals surface area contributed by atoms with E-state index in [1.165, 1.54) is 6.42 Å². The largest absolute Gasteiger partial charge is 0.350 e. The van der Waals surface area contributed by atoms with E-state index in [1.807, 2.05) is 0 Å². The van der Waals surface area contributed by atoms with Gasteiger partial charge >= 0.3 is 0 Å². The number of hydrogen-bond donors (Lipinski definition) is 2. The molecule has 0 radical (unpaired) electrons. The van der Waals surface area contributed by atoms with Crippen LogP contribution in [0, 0.1) is 11.8 Å². The Morgan fingerprint density at radius 2 is 2.05 bits per heavy atom. The molecule has 19 heavy (non-hydrogen) atoms. The average molecular weight is 290 g/mol. The summed E-state index contributed by atoms with van der Waals surface area (Å²) in [5, 5.41) is 3.10. The smallest absolute Gasteiger partial charge is 0.234 e. The first-order chi connectivity index (χ1) is 8.41. The van der Waals surface area contributed by atoms with Crippen LogP contribution in [0.1, 0.15) is 40.0 Å². The summed E-state index contributed by atoms with van der Waals surface area (Å²) in [6.07, 6.45) is 3.36. The van der Waals surface area contributed by atoms with Gasteiger partial charge in [-0.1, -0.05) is 6.92 Å². The lowest BCUT2D eigenvalue weighted by molar-refractivity contribution is -0.123. The minimum atomic E-state index is -0.0942. The minimum absolute atomic E-state index is 0. The maximum absolute atomic E-state index is 12.0. The molecule has 3 unspecified atom stereocenters. The molecular formula is C14H28ClN3O.